The van der Waals surface area contributed by atoms with Crippen LogP contribution in [0.3, 0.4) is 0 Å². The molecule has 2 heterocycles. The Morgan fingerprint density at radius 1 is 1.27 bits per heavy atom. The summed E-state index contributed by atoms with van der Waals surface area (Å²) >= 11 is 0. The van der Waals surface area contributed by atoms with Crippen molar-refractivity contribution in [3.63, 3.8) is 0 Å². The van der Waals surface area contributed by atoms with Crippen LogP contribution in [-0.2, 0) is 9.53 Å². The van der Waals surface area contributed by atoms with Crippen molar-refractivity contribution in [1.82, 2.24) is 9.80 Å². The Bertz CT molecular complexity index is 433. The molecule has 0 unspecified atom stereocenters. The van der Waals surface area contributed by atoms with Gasteiger partial charge in [0.1, 0.15) is 5.60 Å². The molecule has 0 aromatic heterocycles. The number of carbonyl (C=O) groups excluding carboxylic acids is 1. The van der Waals surface area contributed by atoms with Crippen molar-refractivity contribution in [2.45, 2.75) is 57.2 Å². The van der Waals surface area contributed by atoms with Crippen LogP contribution in [0.4, 0.5) is 4.79 Å². The summed E-state index contributed by atoms with van der Waals surface area (Å²) in [5.74, 6) is -0.835. The molecule has 2 fully saturated rings. The molecule has 0 radical (unpaired) electrons. The standard InChI is InChI=1S/C15H27N3O4/c1-14(2,3)22-13(21)17-9-15(10-17,8-12(19)20)18-6-4-11(16)5-7-18/h11H,4-10,16H2,1-3H3,(H,19,20). The summed E-state index contributed by atoms with van der Waals surface area (Å²) < 4.78 is 5.35. The maximum absolute atomic E-state index is 12.1. The predicted molar refractivity (Wildman–Crippen MR) is 81.6 cm³/mol. The van der Waals surface area contributed by atoms with Crippen LogP contribution in [-0.4, -0.2) is 70.3 Å². The summed E-state index contributed by atoms with van der Waals surface area (Å²) in [6.07, 6.45) is 1.41. The summed E-state index contributed by atoms with van der Waals surface area (Å²) in [7, 11) is 0. The largest absolute Gasteiger partial charge is 0.481 e. The Labute approximate surface area is 131 Å². The normalized spacial score (nSPS) is 23.0. The van der Waals surface area contributed by atoms with Crippen LogP contribution >= 0.6 is 0 Å². The van der Waals surface area contributed by atoms with Gasteiger partial charge in [0, 0.05) is 32.2 Å². The lowest BCUT2D eigenvalue weighted by Crippen LogP contribution is -2.73. The van der Waals surface area contributed by atoms with Crippen molar-refractivity contribution >= 4 is 12.1 Å². The third-order valence-corrected chi connectivity index (χ3v) is 4.31. The summed E-state index contributed by atoms with van der Waals surface area (Å²) in [5.41, 5.74) is 4.91. The third-order valence-electron chi connectivity index (χ3n) is 4.31. The molecule has 2 aliphatic rings. The molecule has 0 spiro atoms. The van der Waals surface area contributed by atoms with E-state index in [0.29, 0.717) is 13.1 Å². The van der Waals surface area contributed by atoms with E-state index in [1.54, 1.807) is 4.90 Å². The van der Waals surface area contributed by atoms with E-state index in [0.717, 1.165) is 25.9 Å². The van der Waals surface area contributed by atoms with Crippen LogP contribution in [0.15, 0.2) is 0 Å². The zero-order valence-electron chi connectivity index (χ0n) is 13.7. The van der Waals surface area contributed by atoms with Gasteiger partial charge in [-0.2, -0.15) is 0 Å². The lowest BCUT2D eigenvalue weighted by Gasteiger charge is -2.56. The van der Waals surface area contributed by atoms with Crippen molar-refractivity contribution in [1.29, 1.82) is 0 Å². The van der Waals surface area contributed by atoms with Gasteiger partial charge in [-0.1, -0.05) is 0 Å². The van der Waals surface area contributed by atoms with Crippen molar-refractivity contribution < 1.29 is 19.4 Å². The van der Waals surface area contributed by atoms with Gasteiger partial charge in [-0.25, -0.2) is 4.79 Å². The summed E-state index contributed by atoms with van der Waals surface area (Å²) in [6.45, 7) is 7.85. The minimum Gasteiger partial charge on any atom is -0.481 e. The van der Waals surface area contributed by atoms with Gasteiger partial charge in [-0.15, -0.1) is 0 Å². The molecule has 2 saturated heterocycles. The van der Waals surface area contributed by atoms with Gasteiger partial charge in [0.05, 0.1) is 12.0 Å². The molecular weight excluding hydrogens is 286 g/mol. The molecule has 1 amide bonds. The number of hydrogen-bond acceptors (Lipinski definition) is 5. The molecule has 126 valence electrons. The first kappa shape index (κ1) is 17.0. The molecule has 22 heavy (non-hydrogen) atoms. The summed E-state index contributed by atoms with van der Waals surface area (Å²) in [5, 5.41) is 9.22. The molecule has 0 aliphatic carbocycles. The second-order valence-corrected chi connectivity index (χ2v) is 7.46. The molecule has 3 N–H and O–H groups in total. The van der Waals surface area contributed by atoms with E-state index in [2.05, 4.69) is 4.90 Å². The number of amides is 1. The van der Waals surface area contributed by atoms with E-state index >= 15 is 0 Å². The number of rotatable bonds is 3. The first-order valence-corrected chi connectivity index (χ1v) is 7.82. The first-order valence-electron chi connectivity index (χ1n) is 7.82. The molecule has 7 heteroatoms. The molecule has 2 aliphatic heterocycles. The highest BCUT2D eigenvalue weighted by atomic mass is 16.6. The highest BCUT2D eigenvalue weighted by Crippen LogP contribution is 2.34. The van der Waals surface area contributed by atoms with Crippen molar-refractivity contribution in [2.75, 3.05) is 26.2 Å². The molecular formula is C15H27N3O4. The lowest BCUT2D eigenvalue weighted by atomic mass is 9.82. The number of ether oxygens (including phenoxy) is 1. The average molecular weight is 313 g/mol. The van der Waals surface area contributed by atoms with Crippen LogP contribution in [0.5, 0.6) is 0 Å². The number of carboxylic acid groups (broad SMARTS) is 1. The van der Waals surface area contributed by atoms with Gasteiger partial charge >= 0.3 is 12.1 Å². The van der Waals surface area contributed by atoms with Gasteiger partial charge in [-0.05, 0) is 33.6 Å². The number of carboxylic acids is 1. The minimum atomic E-state index is -0.835. The molecule has 0 atom stereocenters. The average Bonchev–Trinajstić information content (AvgIpc) is 2.31. The lowest BCUT2D eigenvalue weighted by molar-refractivity contribution is -0.146. The second kappa shape index (κ2) is 6.04. The second-order valence-electron chi connectivity index (χ2n) is 7.46. The Morgan fingerprint density at radius 3 is 2.27 bits per heavy atom. The van der Waals surface area contributed by atoms with Crippen molar-refractivity contribution in [2.24, 2.45) is 5.73 Å². The smallest absolute Gasteiger partial charge is 0.410 e. The van der Waals surface area contributed by atoms with Crippen molar-refractivity contribution in [3.8, 4) is 0 Å². The zero-order chi connectivity index (χ0) is 16.5. The van der Waals surface area contributed by atoms with E-state index in [-0.39, 0.29) is 18.6 Å². The van der Waals surface area contributed by atoms with E-state index in [1.807, 2.05) is 20.8 Å². The van der Waals surface area contributed by atoms with Crippen LogP contribution in [0.2, 0.25) is 0 Å². The van der Waals surface area contributed by atoms with Crippen LogP contribution < -0.4 is 5.73 Å². The number of nitrogens with two attached hydrogens (primary N) is 1. The first-order chi connectivity index (χ1) is 10.1. The third kappa shape index (κ3) is 3.89. The Kier molecular flexibility index (Phi) is 4.67. The highest BCUT2D eigenvalue weighted by molar-refractivity contribution is 5.73. The zero-order valence-corrected chi connectivity index (χ0v) is 13.7. The van der Waals surface area contributed by atoms with E-state index < -0.39 is 17.1 Å². The van der Waals surface area contributed by atoms with Crippen LogP contribution in [0, 0.1) is 0 Å². The number of hydrogen-bond donors (Lipinski definition) is 2. The van der Waals surface area contributed by atoms with Gasteiger partial charge in [-0.3, -0.25) is 9.69 Å². The fourth-order valence-electron chi connectivity index (χ4n) is 3.20. The maximum atomic E-state index is 12.1. The maximum Gasteiger partial charge on any atom is 0.410 e. The topological polar surface area (TPSA) is 96.1 Å². The fourth-order valence-corrected chi connectivity index (χ4v) is 3.20. The predicted octanol–water partition coefficient (Wildman–Crippen LogP) is 0.874. The fraction of sp³-hybridized carbons (Fsp3) is 0.867. The Hall–Kier alpha value is -1.34. The number of aliphatic carboxylic acids is 1. The monoisotopic (exact) mass is 313 g/mol. The molecule has 7 nitrogen and oxygen atoms in total. The van der Waals surface area contributed by atoms with Gasteiger partial charge < -0.3 is 20.5 Å². The van der Waals surface area contributed by atoms with E-state index in [1.165, 1.54) is 0 Å². The molecule has 2 rings (SSSR count). The van der Waals surface area contributed by atoms with E-state index in [9.17, 15) is 14.7 Å². The number of likely N-dealkylation sites (tertiary alicyclic amines) is 2. The Balaban J connectivity index is 1.99. The minimum absolute atomic E-state index is 0.0432. The quantitative estimate of drug-likeness (QED) is 0.803. The summed E-state index contributed by atoms with van der Waals surface area (Å²) in [4.78, 5) is 27.1. The number of carbonyl (C=O) groups is 2. The molecule has 0 bridgehead atoms. The molecule has 0 aromatic rings. The Morgan fingerprint density at radius 2 is 1.82 bits per heavy atom. The number of nitrogens with zero attached hydrogens (tertiary/aromatic N) is 2. The molecule has 0 saturated carbocycles. The number of piperidine rings is 1. The summed E-state index contributed by atoms with van der Waals surface area (Å²) in [6, 6.07) is 0.195. The SMILES string of the molecule is CC(C)(C)OC(=O)N1CC(CC(=O)O)(N2CCC(N)CC2)C1. The molecule has 0 aromatic carbocycles. The van der Waals surface area contributed by atoms with Gasteiger partial charge in [0.25, 0.3) is 0 Å². The van der Waals surface area contributed by atoms with Crippen LogP contribution in [0.1, 0.15) is 40.0 Å². The van der Waals surface area contributed by atoms with Crippen LogP contribution in [0.25, 0.3) is 0 Å². The van der Waals surface area contributed by atoms with Gasteiger partial charge in [0.15, 0.2) is 0 Å². The van der Waals surface area contributed by atoms with Crippen molar-refractivity contribution in [3.05, 3.63) is 0 Å². The highest BCUT2D eigenvalue weighted by Gasteiger charge is 2.52. The van der Waals surface area contributed by atoms with E-state index in [4.69, 9.17) is 10.5 Å². The van der Waals surface area contributed by atoms with Gasteiger partial charge in [0.2, 0.25) is 0 Å².